The molecule has 1 aliphatic rings. The summed E-state index contributed by atoms with van der Waals surface area (Å²) in [6, 6.07) is 24.8. The third-order valence-electron chi connectivity index (χ3n) is 6.27. The zero-order chi connectivity index (χ0) is 22.7. The molecule has 1 aliphatic heterocycles. The van der Waals surface area contributed by atoms with Crippen LogP contribution in [-0.2, 0) is 16.8 Å². The number of carbonyl (C=O) groups excluding carboxylic acids is 1. The molecule has 1 heterocycles. The number of halogens is 1. The summed E-state index contributed by atoms with van der Waals surface area (Å²) in [5.74, 6) is -0.248. The SMILES string of the molecule is CN(C)CCCC1(c2ccccc2)C(=O)N(N(C)Cc2ccccc2F)c2ccccc21. The first kappa shape index (κ1) is 22.2. The Hall–Kier alpha value is -3.02. The Morgan fingerprint density at radius 3 is 2.25 bits per heavy atom. The molecule has 0 bridgehead atoms. The number of anilines is 1. The van der Waals surface area contributed by atoms with Crippen LogP contribution in [0.25, 0.3) is 0 Å². The standard InChI is InChI=1S/C27H30FN3O/c1-29(2)19-11-18-27(22-13-5-4-6-14-22)23-15-8-10-17-25(23)31(26(27)32)30(3)20-21-12-7-9-16-24(21)28/h4-10,12-17H,11,18-20H2,1-3H3. The Balaban J connectivity index is 1.78. The van der Waals surface area contributed by atoms with Gasteiger partial charge in [0.25, 0.3) is 5.91 Å². The maximum absolute atomic E-state index is 14.4. The van der Waals surface area contributed by atoms with Crippen LogP contribution < -0.4 is 5.01 Å². The summed E-state index contributed by atoms with van der Waals surface area (Å²) in [5, 5.41) is 3.57. The Labute approximate surface area is 189 Å². The number of fused-ring (bicyclic) bond motifs is 1. The molecule has 0 aliphatic carbocycles. The molecule has 0 saturated carbocycles. The van der Waals surface area contributed by atoms with E-state index in [1.165, 1.54) is 6.07 Å². The zero-order valence-corrected chi connectivity index (χ0v) is 19.0. The topological polar surface area (TPSA) is 26.8 Å². The fourth-order valence-corrected chi connectivity index (χ4v) is 4.76. The fraction of sp³-hybridized carbons (Fsp3) is 0.296. The molecule has 3 aromatic carbocycles. The lowest BCUT2D eigenvalue weighted by Gasteiger charge is -2.33. The van der Waals surface area contributed by atoms with E-state index in [0.29, 0.717) is 18.5 Å². The van der Waals surface area contributed by atoms with Gasteiger partial charge in [0.1, 0.15) is 11.2 Å². The summed E-state index contributed by atoms with van der Waals surface area (Å²) in [7, 11) is 5.95. The molecule has 0 saturated heterocycles. The minimum Gasteiger partial charge on any atom is -0.309 e. The molecule has 0 fully saturated rings. The van der Waals surface area contributed by atoms with Crippen LogP contribution in [0.5, 0.6) is 0 Å². The smallest absolute Gasteiger partial charge is 0.256 e. The predicted octanol–water partition coefficient (Wildman–Crippen LogP) is 4.85. The van der Waals surface area contributed by atoms with Crippen LogP contribution in [0.3, 0.4) is 0 Å². The Bertz CT molecular complexity index is 1090. The fourth-order valence-electron chi connectivity index (χ4n) is 4.76. The van der Waals surface area contributed by atoms with Gasteiger partial charge in [-0.15, -0.1) is 0 Å². The average molecular weight is 432 g/mol. The number of nitrogens with zero attached hydrogens (tertiary/aromatic N) is 3. The number of carbonyl (C=O) groups is 1. The maximum Gasteiger partial charge on any atom is 0.256 e. The molecule has 1 atom stereocenters. The molecule has 1 amide bonds. The second-order valence-electron chi connectivity index (χ2n) is 8.72. The summed E-state index contributed by atoms with van der Waals surface area (Å²) in [6.07, 6.45) is 1.59. The van der Waals surface area contributed by atoms with Gasteiger partial charge in [-0.1, -0.05) is 66.7 Å². The van der Waals surface area contributed by atoms with Crippen LogP contribution in [-0.4, -0.2) is 43.5 Å². The first-order valence-electron chi connectivity index (χ1n) is 11.0. The highest BCUT2D eigenvalue weighted by atomic mass is 19.1. The molecule has 0 spiro atoms. The van der Waals surface area contributed by atoms with Crippen molar-refractivity contribution in [2.24, 2.45) is 0 Å². The van der Waals surface area contributed by atoms with Gasteiger partial charge in [-0.05, 0) is 56.7 Å². The lowest BCUT2D eigenvalue weighted by Crippen LogP contribution is -2.48. The van der Waals surface area contributed by atoms with E-state index < -0.39 is 5.41 Å². The van der Waals surface area contributed by atoms with Crippen LogP contribution in [0.4, 0.5) is 10.1 Å². The van der Waals surface area contributed by atoms with Crippen molar-refractivity contribution in [2.45, 2.75) is 24.8 Å². The highest BCUT2D eigenvalue weighted by Gasteiger charge is 2.52. The van der Waals surface area contributed by atoms with Crippen molar-refractivity contribution in [3.8, 4) is 0 Å². The Morgan fingerprint density at radius 2 is 1.53 bits per heavy atom. The van der Waals surface area contributed by atoms with E-state index in [4.69, 9.17) is 0 Å². The average Bonchev–Trinajstić information content (AvgIpc) is 3.04. The van der Waals surface area contributed by atoms with Crippen LogP contribution >= 0.6 is 0 Å². The molecule has 1 unspecified atom stereocenters. The van der Waals surface area contributed by atoms with E-state index in [9.17, 15) is 9.18 Å². The minimum atomic E-state index is -0.767. The number of benzene rings is 3. The Kier molecular flexibility index (Phi) is 6.40. The van der Waals surface area contributed by atoms with Crippen molar-refractivity contribution in [3.05, 3.63) is 101 Å². The lowest BCUT2D eigenvalue weighted by molar-refractivity contribution is -0.124. The van der Waals surface area contributed by atoms with Crippen LogP contribution in [0, 0.1) is 5.82 Å². The summed E-state index contributed by atoms with van der Waals surface area (Å²) in [6.45, 7) is 1.20. The molecule has 0 N–H and O–H groups in total. The maximum atomic E-state index is 14.4. The summed E-state index contributed by atoms with van der Waals surface area (Å²) >= 11 is 0. The summed E-state index contributed by atoms with van der Waals surface area (Å²) in [5.41, 5.74) is 2.67. The molecule has 3 aromatic rings. The normalized spacial score (nSPS) is 17.9. The molecule has 32 heavy (non-hydrogen) atoms. The van der Waals surface area contributed by atoms with E-state index in [-0.39, 0.29) is 11.7 Å². The first-order chi connectivity index (χ1) is 15.4. The molecule has 0 aromatic heterocycles. The van der Waals surface area contributed by atoms with E-state index in [0.717, 1.165) is 29.8 Å². The van der Waals surface area contributed by atoms with Gasteiger partial charge in [-0.3, -0.25) is 4.79 Å². The van der Waals surface area contributed by atoms with Gasteiger partial charge in [-0.2, -0.15) is 0 Å². The molecule has 0 radical (unpaired) electrons. The van der Waals surface area contributed by atoms with E-state index in [2.05, 4.69) is 11.0 Å². The minimum absolute atomic E-state index is 0.0162. The molecular weight excluding hydrogens is 401 g/mol. The molecular formula is C27H30FN3O. The van der Waals surface area contributed by atoms with Gasteiger partial charge in [0.15, 0.2) is 0 Å². The van der Waals surface area contributed by atoms with Crippen LogP contribution in [0.1, 0.15) is 29.5 Å². The van der Waals surface area contributed by atoms with E-state index in [1.54, 1.807) is 17.1 Å². The second kappa shape index (κ2) is 9.23. The summed E-state index contributed by atoms with van der Waals surface area (Å²) < 4.78 is 14.4. The number of para-hydroxylation sites is 1. The van der Waals surface area contributed by atoms with Gasteiger partial charge in [0, 0.05) is 19.2 Å². The van der Waals surface area contributed by atoms with E-state index >= 15 is 0 Å². The largest absolute Gasteiger partial charge is 0.309 e. The van der Waals surface area contributed by atoms with Gasteiger partial charge >= 0.3 is 0 Å². The van der Waals surface area contributed by atoms with Crippen molar-refractivity contribution < 1.29 is 9.18 Å². The second-order valence-corrected chi connectivity index (χ2v) is 8.72. The van der Waals surface area contributed by atoms with Crippen molar-refractivity contribution in [1.29, 1.82) is 0 Å². The molecule has 166 valence electrons. The van der Waals surface area contributed by atoms with Gasteiger partial charge in [0.05, 0.1) is 5.69 Å². The lowest BCUT2D eigenvalue weighted by atomic mass is 9.72. The third-order valence-corrected chi connectivity index (χ3v) is 6.27. The van der Waals surface area contributed by atoms with Gasteiger partial charge in [0.2, 0.25) is 0 Å². The van der Waals surface area contributed by atoms with Crippen molar-refractivity contribution in [3.63, 3.8) is 0 Å². The molecule has 4 rings (SSSR count). The highest BCUT2D eigenvalue weighted by Crippen LogP contribution is 2.49. The number of amides is 1. The first-order valence-corrected chi connectivity index (χ1v) is 11.0. The third kappa shape index (κ3) is 3.94. The van der Waals surface area contributed by atoms with Crippen molar-refractivity contribution in [1.82, 2.24) is 9.91 Å². The van der Waals surface area contributed by atoms with Gasteiger partial charge < -0.3 is 4.90 Å². The number of hydrogen-bond donors (Lipinski definition) is 0. The number of rotatable bonds is 8. The number of hydrogen-bond acceptors (Lipinski definition) is 3. The van der Waals surface area contributed by atoms with Gasteiger partial charge in [-0.25, -0.2) is 14.4 Å². The highest BCUT2D eigenvalue weighted by molar-refractivity contribution is 6.09. The van der Waals surface area contributed by atoms with Crippen molar-refractivity contribution in [2.75, 3.05) is 32.7 Å². The van der Waals surface area contributed by atoms with Crippen LogP contribution in [0.2, 0.25) is 0 Å². The predicted molar refractivity (Wildman–Crippen MR) is 127 cm³/mol. The summed E-state index contributed by atoms with van der Waals surface area (Å²) in [4.78, 5) is 16.4. The van der Waals surface area contributed by atoms with Crippen molar-refractivity contribution >= 4 is 11.6 Å². The quantitative estimate of drug-likeness (QED) is 0.510. The molecule has 4 nitrogen and oxygen atoms in total. The monoisotopic (exact) mass is 431 g/mol. The Morgan fingerprint density at radius 1 is 0.875 bits per heavy atom. The van der Waals surface area contributed by atoms with Crippen LogP contribution in [0.15, 0.2) is 78.9 Å². The van der Waals surface area contributed by atoms with E-state index in [1.807, 2.05) is 80.7 Å². The molecule has 5 heteroatoms. The number of hydrazine groups is 1. The zero-order valence-electron chi connectivity index (χ0n) is 19.0.